The Kier molecular flexibility index (Phi) is 54.0. The van der Waals surface area contributed by atoms with Crippen molar-refractivity contribution in [3.8, 4) is 0 Å². The number of aliphatic carboxylic acids is 1. The third kappa shape index (κ3) is 55.5. The topological polar surface area (TPSA) is 37.3 Å². The van der Waals surface area contributed by atoms with Gasteiger partial charge in [0, 0.05) is 6.42 Å². The van der Waals surface area contributed by atoms with Crippen LogP contribution in [-0.2, 0) is 4.79 Å². The number of carboxylic acids is 1. The molecule has 1 N–H and O–H groups in total. The van der Waals surface area contributed by atoms with Crippen LogP contribution in [-0.4, -0.2) is 11.1 Å². The Morgan fingerprint density at radius 2 is 0.310 bits per heavy atom. The predicted molar refractivity (Wildman–Crippen MR) is 263 cm³/mol. The molecule has 0 saturated heterocycles. The van der Waals surface area contributed by atoms with Crippen LogP contribution in [0.1, 0.15) is 354 Å². The normalized spacial score (nSPS) is 11.6. The van der Waals surface area contributed by atoms with Gasteiger partial charge in [0.25, 0.3) is 0 Å². The molecule has 0 amide bonds. The number of unbranched alkanes of at least 4 members (excludes halogenated alkanes) is 52. The lowest BCUT2D eigenvalue weighted by molar-refractivity contribution is -0.137. The SMILES string of the molecule is CCCCCCCCCCCCCCCCCCCCCCCCCCCCCCCCCCCCCCCCCCCCCCCCCCCCCCCC(=O)O. The van der Waals surface area contributed by atoms with E-state index >= 15 is 0 Å². The van der Waals surface area contributed by atoms with Crippen molar-refractivity contribution >= 4 is 5.97 Å². The van der Waals surface area contributed by atoms with Gasteiger partial charge in [-0.1, -0.05) is 341 Å². The van der Waals surface area contributed by atoms with Gasteiger partial charge in [0.05, 0.1) is 0 Å². The molecule has 2 nitrogen and oxygen atoms in total. The summed E-state index contributed by atoms with van der Waals surface area (Å²) in [7, 11) is 0. The Bertz CT molecular complexity index is 717. The number of rotatable bonds is 54. The van der Waals surface area contributed by atoms with Gasteiger partial charge in [0.15, 0.2) is 0 Å². The maximum atomic E-state index is 10.5. The third-order valence-corrected chi connectivity index (χ3v) is 13.5. The molecule has 0 aliphatic rings. The maximum Gasteiger partial charge on any atom is 0.303 e. The Morgan fingerprint density at radius 1 is 0.207 bits per heavy atom. The summed E-state index contributed by atoms with van der Waals surface area (Å²) in [6, 6.07) is 0. The molecule has 0 fully saturated rings. The van der Waals surface area contributed by atoms with Crippen LogP contribution in [0.5, 0.6) is 0 Å². The van der Waals surface area contributed by atoms with Gasteiger partial charge in [-0.25, -0.2) is 0 Å². The van der Waals surface area contributed by atoms with Crippen LogP contribution in [0.4, 0.5) is 0 Å². The first-order valence-electron chi connectivity index (χ1n) is 28.0. The molecule has 58 heavy (non-hydrogen) atoms. The van der Waals surface area contributed by atoms with Crippen LogP contribution in [0.3, 0.4) is 0 Å². The Morgan fingerprint density at radius 3 is 0.414 bits per heavy atom. The Balaban J connectivity index is 3.06. The maximum absolute atomic E-state index is 10.5. The molecule has 0 unspecified atom stereocenters. The van der Waals surface area contributed by atoms with E-state index in [4.69, 9.17) is 5.11 Å². The molecule has 0 radical (unpaired) electrons. The zero-order valence-corrected chi connectivity index (χ0v) is 40.5. The fourth-order valence-corrected chi connectivity index (χ4v) is 9.37. The van der Waals surface area contributed by atoms with Crippen LogP contribution < -0.4 is 0 Å². The second-order valence-corrected chi connectivity index (χ2v) is 19.5. The lowest BCUT2D eigenvalue weighted by Gasteiger charge is -2.05. The minimum atomic E-state index is -0.646. The summed E-state index contributed by atoms with van der Waals surface area (Å²) < 4.78 is 0. The second-order valence-electron chi connectivity index (χ2n) is 19.5. The smallest absolute Gasteiger partial charge is 0.303 e. The summed E-state index contributed by atoms with van der Waals surface area (Å²) in [5.74, 6) is -0.646. The van der Waals surface area contributed by atoms with Crippen molar-refractivity contribution in [2.24, 2.45) is 0 Å². The molecule has 0 aliphatic heterocycles. The average Bonchev–Trinajstić information content (AvgIpc) is 3.22. The number of hydrogen-bond donors (Lipinski definition) is 1. The lowest BCUT2D eigenvalue weighted by atomic mass is 10.0. The van der Waals surface area contributed by atoms with Crippen molar-refractivity contribution in [2.75, 3.05) is 0 Å². The highest BCUT2D eigenvalue weighted by molar-refractivity contribution is 5.66. The van der Waals surface area contributed by atoms with E-state index in [1.165, 1.54) is 327 Å². The standard InChI is InChI=1S/C56H112O2/c1-2-3-4-5-6-7-8-9-10-11-12-13-14-15-16-17-18-19-20-21-22-23-24-25-26-27-28-29-30-31-32-33-34-35-36-37-38-39-40-41-42-43-44-45-46-47-48-49-50-51-52-53-54-55-56(57)58/h2-55H2,1H3,(H,57,58). The van der Waals surface area contributed by atoms with Crippen molar-refractivity contribution in [1.82, 2.24) is 0 Å². The van der Waals surface area contributed by atoms with Crippen LogP contribution in [0.15, 0.2) is 0 Å². The fraction of sp³-hybridized carbons (Fsp3) is 0.982. The number of hydrogen-bond acceptors (Lipinski definition) is 1. The Labute approximate surface area is 368 Å². The van der Waals surface area contributed by atoms with Gasteiger partial charge in [-0.05, 0) is 6.42 Å². The fourth-order valence-electron chi connectivity index (χ4n) is 9.37. The molecule has 0 spiro atoms. The zero-order valence-electron chi connectivity index (χ0n) is 40.5. The van der Waals surface area contributed by atoms with Crippen molar-refractivity contribution in [1.29, 1.82) is 0 Å². The summed E-state index contributed by atoms with van der Waals surface area (Å²) in [6.45, 7) is 2.31. The van der Waals surface area contributed by atoms with E-state index in [9.17, 15) is 4.79 Å². The van der Waals surface area contributed by atoms with E-state index in [1.54, 1.807) is 0 Å². The van der Waals surface area contributed by atoms with E-state index in [0.29, 0.717) is 6.42 Å². The largest absolute Gasteiger partial charge is 0.481 e. The number of carboxylic acid groups (broad SMARTS) is 1. The van der Waals surface area contributed by atoms with E-state index in [1.807, 2.05) is 0 Å². The van der Waals surface area contributed by atoms with Gasteiger partial charge in [0.2, 0.25) is 0 Å². The molecule has 0 aliphatic carbocycles. The molecule has 0 rings (SSSR count). The molecule has 0 heterocycles. The molecule has 0 aromatic carbocycles. The number of carbonyl (C=O) groups is 1. The quantitative estimate of drug-likeness (QED) is 0.0621. The average molecular weight is 818 g/mol. The minimum absolute atomic E-state index is 0.347. The van der Waals surface area contributed by atoms with Gasteiger partial charge in [-0.2, -0.15) is 0 Å². The molecule has 0 atom stereocenters. The van der Waals surface area contributed by atoms with Crippen LogP contribution in [0, 0.1) is 0 Å². The first-order valence-corrected chi connectivity index (χ1v) is 28.0. The first-order chi connectivity index (χ1) is 28.8. The van der Waals surface area contributed by atoms with E-state index < -0.39 is 5.97 Å². The summed E-state index contributed by atoms with van der Waals surface area (Å²) >= 11 is 0. The van der Waals surface area contributed by atoms with Crippen molar-refractivity contribution in [2.45, 2.75) is 354 Å². The molecule has 0 aromatic rings. The highest BCUT2D eigenvalue weighted by Crippen LogP contribution is 2.19. The van der Waals surface area contributed by atoms with E-state index in [2.05, 4.69) is 6.92 Å². The van der Waals surface area contributed by atoms with Crippen molar-refractivity contribution < 1.29 is 9.90 Å². The van der Waals surface area contributed by atoms with Gasteiger partial charge in [-0.15, -0.1) is 0 Å². The van der Waals surface area contributed by atoms with Gasteiger partial charge >= 0.3 is 5.97 Å². The molecule has 0 saturated carbocycles. The minimum Gasteiger partial charge on any atom is -0.481 e. The Hall–Kier alpha value is -0.530. The summed E-state index contributed by atoms with van der Waals surface area (Å²) in [5.41, 5.74) is 0. The molecular weight excluding hydrogens is 705 g/mol. The van der Waals surface area contributed by atoms with E-state index in [-0.39, 0.29) is 0 Å². The monoisotopic (exact) mass is 817 g/mol. The third-order valence-electron chi connectivity index (χ3n) is 13.5. The van der Waals surface area contributed by atoms with Crippen LogP contribution in [0.25, 0.3) is 0 Å². The highest BCUT2D eigenvalue weighted by atomic mass is 16.4. The lowest BCUT2D eigenvalue weighted by Crippen LogP contribution is -1.93. The molecule has 2 heteroatoms. The van der Waals surface area contributed by atoms with E-state index in [0.717, 1.165) is 12.8 Å². The molecule has 348 valence electrons. The van der Waals surface area contributed by atoms with Crippen LogP contribution in [0.2, 0.25) is 0 Å². The van der Waals surface area contributed by atoms with Gasteiger partial charge < -0.3 is 5.11 Å². The second kappa shape index (κ2) is 54.5. The van der Waals surface area contributed by atoms with Crippen molar-refractivity contribution in [3.05, 3.63) is 0 Å². The molecule has 0 bridgehead atoms. The summed E-state index contributed by atoms with van der Waals surface area (Å²) in [5, 5.41) is 8.67. The zero-order chi connectivity index (χ0) is 41.8. The van der Waals surface area contributed by atoms with Gasteiger partial charge in [-0.3, -0.25) is 4.79 Å². The molecular formula is C56H112O2. The van der Waals surface area contributed by atoms with Crippen LogP contribution >= 0.6 is 0 Å². The predicted octanol–water partition coefficient (Wildman–Crippen LogP) is 21.2. The summed E-state index contributed by atoms with van der Waals surface area (Å²) in [4.78, 5) is 10.5. The molecule has 0 aromatic heterocycles. The first kappa shape index (κ1) is 57.5. The summed E-state index contributed by atoms with van der Waals surface area (Å²) in [6.07, 6.45) is 76.8. The highest BCUT2D eigenvalue weighted by Gasteiger charge is 2.00. The van der Waals surface area contributed by atoms with Crippen molar-refractivity contribution in [3.63, 3.8) is 0 Å². The van der Waals surface area contributed by atoms with Gasteiger partial charge in [0.1, 0.15) is 0 Å².